The van der Waals surface area contributed by atoms with Gasteiger partial charge in [0.05, 0.1) is 5.02 Å². The average Bonchev–Trinajstić information content (AvgIpc) is 2.69. The second-order valence-electron chi connectivity index (χ2n) is 7.22. The fourth-order valence-electron chi connectivity index (χ4n) is 3.18. The maximum absolute atomic E-state index is 13.3. The van der Waals surface area contributed by atoms with Crippen molar-refractivity contribution in [3.05, 3.63) is 63.9 Å². The predicted octanol–water partition coefficient (Wildman–Crippen LogP) is 4.42. The van der Waals surface area contributed by atoms with E-state index >= 15 is 0 Å². The van der Waals surface area contributed by atoms with Crippen LogP contribution in [-0.4, -0.2) is 43.0 Å². The van der Waals surface area contributed by atoms with Crippen molar-refractivity contribution in [2.45, 2.75) is 25.2 Å². The number of halogens is 3. The quantitative estimate of drug-likeness (QED) is 0.572. The minimum atomic E-state index is -0.596. The summed E-state index contributed by atoms with van der Waals surface area (Å²) in [6.45, 7) is 1.72. The van der Waals surface area contributed by atoms with E-state index < -0.39 is 5.82 Å². The molecule has 1 aliphatic heterocycles. The number of hydrogen-bond acceptors (Lipinski definition) is 3. The van der Waals surface area contributed by atoms with Crippen LogP contribution in [0.5, 0.6) is 5.75 Å². The normalized spacial score (nSPS) is 13.6. The zero-order valence-electron chi connectivity index (χ0n) is 16.4. The van der Waals surface area contributed by atoms with Crippen molar-refractivity contribution >= 4 is 35.0 Å². The summed E-state index contributed by atoms with van der Waals surface area (Å²) in [6, 6.07) is 11.8. The van der Waals surface area contributed by atoms with Crippen LogP contribution in [0.3, 0.4) is 0 Å². The minimum absolute atomic E-state index is 0.0000704. The molecule has 2 amide bonds. The molecular formula is C22H23Cl2FN2O3. The fourth-order valence-corrected chi connectivity index (χ4v) is 3.43. The van der Waals surface area contributed by atoms with Gasteiger partial charge in [0.2, 0.25) is 5.91 Å². The van der Waals surface area contributed by atoms with Gasteiger partial charge in [-0.2, -0.15) is 0 Å². The van der Waals surface area contributed by atoms with E-state index in [1.54, 1.807) is 0 Å². The van der Waals surface area contributed by atoms with Crippen molar-refractivity contribution in [1.29, 1.82) is 0 Å². The van der Waals surface area contributed by atoms with Gasteiger partial charge in [-0.25, -0.2) is 4.39 Å². The first-order valence-electron chi connectivity index (χ1n) is 9.80. The van der Waals surface area contributed by atoms with E-state index in [1.807, 2.05) is 29.2 Å². The van der Waals surface area contributed by atoms with Gasteiger partial charge < -0.3 is 15.0 Å². The summed E-state index contributed by atoms with van der Waals surface area (Å²) in [5.41, 5.74) is 1.20. The third kappa shape index (κ3) is 6.34. The number of hydrogen-bond donors (Lipinski definition) is 1. The van der Waals surface area contributed by atoms with Crippen LogP contribution in [0, 0.1) is 5.82 Å². The third-order valence-electron chi connectivity index (χ3n) is 4.98. The molecule has 0 atom stereocenters. The molecule has 0 aromatic heterocycles. The first kappa shape index (κ1) is 22.4. The van der Waals surface area contributed by atoms with Gasteiger partial charge >= 0.3 is 0 Å². The first-order chi connectivity index (χ1) is 14.4. The molecule has 0 saturated carbocycles. The Morgan fingerprint density at radius 2 is 1.83 bits per heavy atom. The summed E-state index contributed by atoms with van der Waals surface area (Å²) < 4.78 is 18.5. The number of carbonyl (C=O) groups is 2. The number of rotatable bonds is 9. The molecule has 3 rings (SSSR count). The van der Waals surface area contributed by atoms with Gasteiger partial charge in [-0.3, -0.25) is 9.59 Å². The summed E-state index contributed by atoms with van der Waals surface area (Å²) in [4.78, 5) is 25.9. The smallest absolute Gasteiger partial charge is 0.257 e. The number of ether oxygens (including phenoxy) is 1. The number of nitrogens with zero attached hydrogens (tertiary/aromatic N) is 1. The van der Waals surface area contributed by atoms with Gasteiger partial charge in [-0.05, 0) is 42.7 Å². The van der Waals surface area contributed by atoms with Crippen molar-refractivity contribution in [2.24, 2.45) is 0 Å². The van der Waals surface area contributed by atoms with E-state index in [-0.39, 0.29) is 29.2 Å². The molecule has 0 aliphatic carbocycles. The van der Waals surface area contributed by atoms with Crippen LogP contribution in [-0.2, 0) is 9.59 Å². The third-order valence-corrected chi connectivity index (χ3v) is 5.53. The summed E-state index contributed by atoms with van der Waals surface area (Å²) in [7, 11) is 0. The van der Waals surface area contributed by atoms with Gasteiger partial charge in [0.15, 0.2) is 6.61 Å². The van der Waals surface area contributed by atoms with Gasteiger partial charge in [-0.1, -0.05) is 35.3 Å². The second-order valence-corrected chi connectivity index (χ2v) is 8.06. The second kappa shape index (κ2) is 10.6. The Labute approximate surface area is 185 Å². The Hall–Kier alpha value is -2.31. The molecule has 1 aliphatic rings. The molecule has 0 radical (unpaired) electrons. The lowest BCUT2D eigenvalue weighted by molar-refractivity contribution is -0.135. The van der Waals surface area contributed by atoms with E-state index in [9.17, 15) is 14.0 Å². The van der Waals surface area contributed by atoms with Crippen molar-refractivity contribution in [3.8, 4) is 5.75 Å². The maximum atomic E-state index is 13.3. The van der Waals surface area contributed by atoms with Gasteiger partial charge in [0.25, 0.3) is 5.91 Å². The van der Waals surface area contributed by atoms with Crippen LogP contribution in [0.2, 0.25) is 10.0 Å². The van der Waals surface area contributed by atoms with Crippen LogP contribution in [0.1, 0.15) is 30.7 Å². The number of carbonyl (C=O) groups excluding carboxylic acids is 2. The molecule has 160 valence electrons. The lowest BCUT2D eigenvalue weighted by Gasteiger charge is -2.39. The van der Waals surface area contributed by atoms with Crippen LogP contribution in [0.4, 0.5) is 4.39 Å². The highest BCUT2D eigenvalue weighted by atomic mass is 35.5. The highest BCUT2D eigenvalue weighted by Gasteiger charge is 2.31. The number of likely N-dealkylation sites (tertiary alicyclic amines) is 1. The molecule has 1 heterocycles. The lowest BCUT2D eigenvalue weighted by atomic mass is 9.91. The molecule has 8 heteroatoms. The summed E-state index contributed by atoms with van der Waals surface area (Å²) in [6.07, 6.45) is 1.86. The minimum Gasteiger partial charge on any atom is -0.484 e. The van der Waals surface area contributed by atoms with Crippen LogP contribution in [0.15, 0.2) is 42.5 Å². The molecule has 0 unspecified atom stereocenters. The Kier molecular flexibility index (Phi) is 7.94. The summed E-state index contributed by atoms with van der Waals surface area (Å²) in [5, 5.41) is 3.44. The van der Waals surface area contributed by atoms with Crippen molar-refractivity contribution in [1.82, 2.24) is 10.2 Å². The highest BCUT2D eigenvalue weighted by Crippen LogP contribution is 2.28. The van der Waals surface area contributed by atoms with E-state index in [4.69, 9.17) is 27.9 Å². The van der Waals surface area contributed by atoms with Crippen LogP contribution in [0.25, 0.3) is 0 Å². The number of nitrogens with one attached hydrogen (secondary N) is 1. The molecule has 2 aromatic carbocycles. The SMILES string of the molecule is O=C(COc1ccc(Cl)c(F)c1)NCCCCC(=O)N1CC(c2ccc(Cl)cc2)C1. The maximum Gasteiger partial charge on any atom is 0.257 e. The first-order valence-corrected chi connectivity index (χ1v) is 10.6. The topological polar surface area (TPSA) is 58.6 Å². The highest BCUT2D eigenvalue weighted by molar-refractivity contribution is 6.30. The van der Waals surface area contributed by atoms with E-state index in [0.717, 1.165) is 19.2 Å². The Morgan fingerprint density at radius 3 is 2.53 bits per heavy atom. The van der Waals surface area contributed by atoms with Gasteiger partial charge in [0.1, 0.15) is 11.6 Å². The largest absolute Gasteiger partial charge is 0.484 e. The molecule has 30 heavy (non-hydrogen) atoms. The molecule has 1 fully saturated rings. The fraction of sp³-hybridized carbons (Fsp3) is 0.364. The Bertz CT molecular complexity index is 886. The lowest BCUT2D eigenvalue weighted by Crippen LogP contribution is -2.48. The molecular weight excluding hydrogens is 430 g/mol. The molecule has 1 N–H and O–H groups in total. The van der Waals surface area contributed by atoms with Gasteiger partial charge in [-0.15, -0.1) is 0 Å². The Balaban J connectivity index is 1.24. The molecule has 0 spiro atoms. The summed E-state index contributed by atoms with van der Waals surface area (Å²) >= 11 is 11.5. The van der Waals surface area contributed by atoms with Crippen molar-refractivity contribution < 1.29 is 18.7 Å². The Morgan fingerprint density at radius 1 is 1.10 bits per heavy atom. The number of benzene rings is 2. The molecule has 1 saturated heterocycles. The van der Waals surface area contributed by atoms with Crippen molar-refractivity contribution in [2.75, 3.05) is 26.2 Å². The number of amides is 2. The van der Waals surface area contributed by atoms with E-state index in [0.29, 0.717) is 36.7 Å². The predicted molar refractivity (Wildman–Crippen MR) is 115 cm³/mol. The average molecular weight is 453 g/mol. The molecule has 0 bridgehead atoms. The molecule has 2 aromatic rings. The van der Waals surface area contributed by atoms with Gasteiger partial charge in [0, 0.05) is 43.1 Å². The number of unbranched alkanes of at least 4 members (excludes halogenated alkanes) is 1. The van der Waals surface area contributed by atoms with Crippen molar-refractivity contribution in [3.63, 3.8) is 0 Å². The summed E-state index contributed by atoms with van der Waals surface area (Å²) in [5.74, 6) is -0.144. The standard InChI is InChI=1S/C22H23Cl2FN2O3/c23-17-6-4-15(5-7-17)16-12-27(13-16)22(29)3-1-2-10-26-21(28)14-30-18-8-9-19(24)20(25)11-18/h4-9,11,16H,1-3,10,12-14H2,(H,26,28). The van der Waals surface area contributed by atoms with E-state index in [2.05, 4.69) is 5.32 Å². The monoisotopic (exact) mass is 452 g/mol. The molecule has 5 nitrogen and oxygen atoms in total. The zero-order chi connectivity index (χ0) is 21.5. The zero-order valence-corrected chi connectivity index (χ0v) is 17.9. The van der Waals surface area contributed by atoms with E-state index in [1.165, 1.54) is 17.7 Å². The van der Waals surface area contributed by atoms with Crippen LogP contribution < -0.4 is 10.1 Å². The van der Waals surface area contributed by atoms with Crippen LogP contribution >= 0.6 is 23.2 Å².